The Hall–Kier alpha value is -2.47. The molecular formula is C20H21ClN4O2. The first kappa shape index (κ1) is 17.9. The zero-order valence-corrected chi connectivity index (χ0v) is 15.9. The topological polar surface area (TPSA) is 66.4 Å². The van der Waals surface area contributed by atoms with Crippen LogP contribution in [0.5, 0.6) is 0 Å². The molecule has 2 aromatic rings. The molecule has 0 unspecified atom stereocenters. The summed E-state index contributed by atoms with van der Waals surface area (Å²) < 4.78 is 0. The van der Waals surface area contributed by atoms with Gasteiger partial charge in [0.2, 0.25) is 12.4 Å². The molecule has 140 valence electrons. The zero-order valence-electron chi connectivity index (χ0n) is 15.2. The molecule has 0 saturated carbocycles. The molecule has 2 heterocycles. The molecule has 27 heavy (non-hydrogen) atoms. The summed E-state index contributed by atoms with van der Waals surface area (Å²) in [5, 5.41) is 0.679. The summed E-state index contributed by atoms with van der Waals surface area (Å²) in [4.78, 5) is 36.9. The van der Waals surface area contributed by atoms with Crippen molar-refractivity contribution in [3.05, 3.63) is 51.8 Å². The number of carbonyl (C=O) groups is 2. The Labute approximate surface area is 163 Å². The summed E-state index contributed by atoms with van der Waals surface area (Å²) in [6.45, 7) is 4.59. The number of anilines is 1. The molecule has 1 aliphatic heterocycles. The Kier molecular flexibility index (Phi) is 4.83. The number of benzene rings is 1. The van der Waals surface area contributed by atoms with Crippen LogP contribution in [0.15, 0.2) is 24.3 Å². The number of nitrogens with zero attached hydrogens (tertiary/aromatic N) is 4. The van der Waals surface area contributed by atoms with E-state index in [0.717, 1.165) is 23.4 Å². The third-order valence-corrected chi connectivity index (χ3v) is 5.60. The summed E-state index contributed by atoms with van der Waals surface area (Å²) >= 11 is 6.13. The van der Waals surface area contributed by atoms with Crippen molar-refractivity contribution >= 4 is 29.7 Å². The molecule has 0 bridgehead atoms. The van der Waals surface area contributed by atoms with Crippen LogP contribution < -0.4 is 4.90 Å². The van der Waals surface area contributed by atoms with Crippen LogP contribution in [-0.2, 0) is 11.2 Å². The van der Waals surface area contributed by atoms with Crippen LogP contribution in [0.25, 0.3) is 0 Å². The first-order chi connectivity index (χ1) is 13.0. The number of Topliss-reactive ketones (excluding diaryl/α,β-unsaturated/α-hetero) is 1. The van der Waals surface area contributed by atoms with Crippen molar-refractivity contribution in [1.82, 2.24) is 14.9 Å². The number of ketones is 1. The van der Waals surface area contributed by atoms with Gasteiger partial charge in [-0.05, 0) is 37.0 Å². The lowest BCUT2D eigenvalue weighted by Crippen LogP contribution is -2.46. The monoisotopic (exact) mass is 384 g/mol. The second-order valence-electron chi connectivity index (χ2n) is 7.14. The van der Waals surface area contributed by atoms with Crippen LogP contribution in [0.2, 0.25) is 5.02 Å². The summed E-state index contributed by atoms with van der Waals surface area (Å²) in [5.41, 5.74) is 3.29. The van der Waals surface area contributed by atoms with E-state index in [1.165, 1.54) is 0 Å². The van der Waals surface area contributed by atoms with Gasteiger partial charge in [0.25, 0.3) is 0 Å². The van der Waals surface area contributed by atoms with Crippen molar-refractivity contribution in [1.29, 1.82) is 0 Å². The molecule has 2 aliphatic rings. The lowest BCUT2D eigenvalue weighted by atomic mass is 9.81. The van der Waals surface area contributed by atoms with Gasteiger partial charge in [-0.3, -0.25) is 9.59 Å². The molecule has 0 N–H and O–H groups in total. The van der Waals surface area contributed by atoms with E-state index in [9.17, 15) is 9.59 Å². The molecule has 0 radical (unpaired) electrons. The fraction of sp³-hybridized carbons (Fsp3) is 0.400. The van der Waals surface area contributed by atoms with E-state index < -0.39 is 0 Å². The van der Waals surface area contributed by atoms with Crippen LogP contribution in [0.3, 0.4) is 0 Å². The molecular weight excluding hydrogens is 364 g/mol. The van der Waals surface area contributed by atoms with Crippen LogP contribution >= 0.6 is 11.6 Å². The fourth-order valence-corrected chi connectivity index (χ4v) is 4.12. The molecule has 1 aromatic carbocycles. The second-order valence-corrected chi connectivity index (χ2v) is 7.58. The maximum absolute atomic E-state index is 12.8. The second kappa shape index (κ2) is 7.27. The van der Waals surface area contributed by atoms with Gasteiger partial charge in [-0.15, -0.1) is 0 Å². The maximum atomic E-state index is 12.8. The molecule has 1 saturated heterocycles. The van der Waals surface area contributed by atoms with Crippen molar-refractivity contribution in [3.8, 4) is 0 Å². The Morgan fingerprint density at radius 2 is 1.93 bits per heavy atom. The molecule has 4 rings (SSSR count). The number of hydrogen-bond acceptors (Lipinski definition) is 5. The molecule has 6 nitrogen and oxygen atoms in total. The van der Waals surface area contributed by atoms with E-state index in [1.54, 1.807) is 4.90 Å². The van der Waals surface area contributed by atoms with E-state index in [-0.39, 0.29) is 11.7 Å². The van der Waals surface area contributed by atoms with Gasteiger partial charge in [-0.25, -0.2) is 9.97 Å². The Balaban J connectivity index is 1.63. The summed E-state index contributed by atoms with van der Waals surface area (Å²) in [6.07, 6.45) is 2.03. The van der Waals surface area contributed by atoms with Crippen molar-refractivity contribution in [2.75, 3.05) is 31.1 Å². The van der Waals surface area contributed by atoms with Crippen LogP contribution in [-0.4, -0.2) is 53.2 Å². The number of amides is 1. The number of hydrogen-bond donors (Lipinski definition) is 0. The van der Waals surface area contributed by atoms with Crippen molar-refractivity contribution in [2.45, 2.75) is 25.7 Å². The fourth-order valence-electron chi connectivity index (χ4n) is 3.92. The van der Waals surface area contributed by atoms with Gasteiger partial charge < -0.3 is 9.80 Å². The average Bonchev–Trinajstić information content (AvgIpc) is 2.67. The first-order valence-electron chi connectivity index (χ1n) is 9.15. The molecule has 1 atom stereocenters. The minimum Gasteiger partial charge on any atom is -0.342 e. The molecule has 0 spiro atoms. The van der Waals surface area contributed by atoms with Crippen molar-refractivity contribution in [2.24, 2.45) is 0 Å². The van der Waals surface area contributed by atoms with Crippen molar-refractivity contribution in [3.63, 3.8) is 0 Å². The standard InChI is InChI=1S/C20H21ClN4O2/c1-13-19-17(23-20(22-13)25-7-5-24(12-26)6-8-25)10-15(11-18(19)27)14-3-2-4-16(21)9-14/h2-4,9,12,15H,5-8,10-11H2,1H3/t15-/m0/s1. The normalized spacial score (nSPS) is 19.8. The lowest BCUT2D eigenvalue weighted by molar-refractivity contribution is -0.118. The van der Waals surface area contributed by atoms with Crippen molar-refractivity contribution < 1.29 is 9.59 Å². The third-order valence-electron chi connectivity index (χ3n) is 5.37. The average molecular weight is 385 g/mol. The van der Waals surface area contributed by atoms with Gasteiger partial charge in [0.1, 0.15) is 0 Å². The van der Waals surface area contributed by atoms with Gasteiger partial charge in [-0.1, -0.05) is 23.7 Å². The summed E-state index contributed by atoms with van der Waals surface area (Å²) in [6, 6.07) is 7.70. The summed E-state index contributed by atoms with van der Waals surface area (Å²) in [7, 11) is 0. The SMILES string of the molecule is Cc1nc(N2CCN(C=O)CC2)nc2c1C(=O)C[C@@H](c1cccc(Cl)c1)C2. The van der Waals surface area contributed by atoms with Gasteiger partial charge in [0.05, 0.1) is 17.0 Å². The summed E-state index contributed by atoms with van der Waals surface area (Å²) in [5.74, 6) is 0.824. The predicted octanol–water partition coefficient (Wildman–Crippen LogP) is 2.63. The number of aryl methyl sites for hydroxylation is 1. The van der Waals surface area contributed by atoms with Crippen LogP contribution in [0.4, 0.5) is 5.95 Å². The number of halogens is 1. The maximum Gasteiger partial charge on any atom is 0.225 e. The number of piperazine rings is 1. The van der Waals surface area contributed by atoms with Crippen LogP contribution in [0, 0.1) is 6.92 Å². The Morgan fingerprint density at radius 1 is 1.15 bits per heavy atom. The van der Waals surface area contributed by atoms with Crippen LogP contribution in [0.1, 0.15) is 39.6 Å². The minimum absolute atomic E-state index is 0.0813. The lowest BCUT2D eigenvalue weighted by Gasteiger charge is -2.33. The quantitative estimate of drug-likeness (QED) is 0.761. The number of rotatable bonds is 3. The molecule has 1 aromatic heterocycles. The number of fused-ring (bicyclic) bond motifs is 1. The molecule has 1 aliphatic carbocycles. The Bertz CT molecular complexity index is 894. The highest BCUT2D eigenvalue weighted by atomic mass is 35.5. The largest absolute Gasteiger partial charge is 0.342 e. The van der Waals surface area contributed by atoms with E-state index in [1.807, 2.05) is 31.2 Å². The predicted molar refractivity (Wildman–Crippen MR) is 103 cm³/mol. The van der Waals surface area contributed by atoms with Gasteiger partial charge in [-0.2, -0.15) is 0 Å². The third kappa shape index (κ3) is 3.54. The number of carbonyl (C=O) groups excluding carboxylic acids is 2. The first-order valence-corrected chi connectivity index (χ1v) is 9.53. The van der Waals surface area contributed by atoms with Gasteiger partial charge in [0.15, 0.2) is 5.78 Å². The minimum atomic E-state index is 0.0813. The highest BCUT2D eigenvalue weighted by molar-refractivity contribution is 6.30. The van der Waals surface area contributed by atoms with E-state index in [2.05, 4.69) is 9.88 Å². The zero-order chi connectivity index (χ0) is 19.0. The van der Waals surface area contributed by atoms with Gasteiger partial charge >= 0.3 is 0 Å². The highest BCUT2D eigenvalue weighted by Crippen LogP contribution is 2.34. The smallest absolute Gasteiger partial charge is 0.225 e. The molecule has 7 heteroatoms. The number of aromatic nitrogens is 2. The molecule has 1 fully saturated rings. The Morgan fingerprint density at radius 3 is 2.63 bits per heavy atom. The van der Waals surface area contributed by atoms with E-state index in [0.29, 0.717) is 55.6 Å². The van der Waals surface area contributed by atoms with Gasteiger partial charge in [0, 0.05) is 37.6 Å². The van der Waals surface area contributed by atoms with E-state index >= 15 is 0 Å². The van der Waals surface area contributed by atoms with E-state index in [4.69, 9.17) is 16.6 Å². The highest BCUT2D eigenvalue weighted by Gasteiger charge is 2.31. The molecule has 1 amide bonds.